The number of carbonyl (C=O) groups is 2. The van der Waals surface area contributed by atoms with Crippen LogP contribution in [0.15, 0.2) is 24.3 Å². The maximum absolute atomic E-state index is 12.4. The number of aromatic nitrogens is 2. The molecule has 2 heterocycles. The molecule has 156 valence electrons. The number of hydrogen-bond donors (Lipinski definition) is 1. The topological polar surface area (TPSA) is 78.4 Å². The zero-order chi connectivity index (χ0) is 20.8. The summed E-state index contributed by atoms with van der Waals surface area (Å²) < 4.78 is 0. The molecular formula is C20H26ClN5O2S. The molecule has 1 aliphatic heterocycles. The molecular weight excluding hydrogens is 410 g/mol. The van der Waals surface area contributed by atoms with E-state index in [0.717, 1.165) is 29.7 Å². The molecule has 1 aromatic heterocycles. The first-order valence-corrected chi connectivity index (χ1v) is 11.0. The van der Waals surface area contributed by atoms with Gasteiger partial charge in [-0.05, 0) is 17.7 Å². The van der Waals surface area contributed by atoms with Gasteiger partial charge in [0, 0.05) is 56.5 Å². The van der Waals surface area contributed by atoms with Crippen molar-refractivity contribution >= 4 is 39.9 Å². The van der Waals surface area contributed by atoms with Crippen LogP contribution < -0.4 is 5.32 Å². The molecule has 2 amide bonds. The Morgan fingerprint density at radius 1 is 1.10 bits per heavy atom. The van der Waals surface area contributed by atoms with Crippen LogP contribution in [0.3, 0.4) is 0 Å². The first-order chi connectivity index (χ1) is 13.9. The van der Waals surface area contributed by atoms with Crippen LogP contribution in [0.25, 0.3) is 0 Å². The van der Waals surface area contributed by atoms with Gasteiger partial charge >= 0.3 is 0 Å². The van der Waals surface area contributed by atoms with Crippen LogP contribution in [0.4, 0.5) is 5.13 Å². The minimum absolute atomic E-state index is 0.0198. The van der Waals surface area contributed by atoms with Gasteiger partial charge in [0.25, 0.3) is 0 Å². The Kier molecular flexibility index (Phi) is 7.57. The van der Waals surface area contributed by atoms with Gasteiger partial charge in [0.15, 0.2) is 0 Å². The number of hydrogen-bond acceptors (Lipinski definition) is 6. The fraction of sp³-hybridized carbons (Fsp3) is 0.500. The van der Waals surface area contributed by atoms with Crippen molar-refractivity contribution in [1.29, 1.82) is 0 Å². The summed E-state index contributed by atoms with van der Waals surface area (Å²) in [6.45, 7) is 7.92. The first kappa shape index (κ1) is 21.7. The van der Waals surface area contributed by atoms with E-state index >= 15 is 0 Å². The van der Waals surface area contributed by atoms with E-state index in [9.17, 15) is 9.59 Å². The summed E-state index contributed by atoms with van der Waals surface area (Å²) in [4.78, 5) is 28.7. The zero-order valence-electron chi connectivity index (χ0n) is 16.7. The number of amides is 2. The second kappa shape index (κ2) is 10.1. The Labute approximate surface area is 180 Å². The highest BCUT2D eigenvalue weighted by atomic mass is 35.5. The average Bonchev–Trinajstić information content (AvgIpc) is 3.17. The molecule has 9 heteroatoms. The minimum atomic E-state index is -0.203. The standard InChI is InChI=1S/C20H26ClN5O2S/c1-14(2)19-23-24-20(29-19)22-17(27)7-8-18(28)26-11-9-25(10-12-26)13-15-3-5-16(21)6-4-15/h3-6,14H,7-13H2,1-2H3,(H,22,24,27). The highest BCUT2D eigenvalue weighted by Gasteiger charge is 2.22. The normalized spacial score (nSPS) is 15.0. The second-order valence-corrected chi connectivity index (χ2v) is 8.88. The lowest BCUT2D eigenvalue weighted by atomic mass is 10.2. The highest BCUT2D eigenvalue weighted by Crippen LogP contribution is 2.22. The monoisotopic (exact) mass is 435 g/mol. The third-order valence-electron chi connectivity index (χ3n) is 4.79. The van der Waals surface area contributed by atoms with Crippen LogP contribution in [0.1, 0.15) is 43.2 Å². The Morgan fingerprint density at radius 2 is 1.79 bits per heavy atom. The quantitative estimate of drug-likeness (QED) is 0.721. The Bertz CT molecular complexity index is 832. The van der Waals surface area contributed by atoms with E-state index in [1.165, 1.54) is 16.9 Å². The van der Waals surface area contributed by atoms with Crippen molar-refractivity contribution in [3.8, 4) is 0 Å². The molecule has 0 atom stereocenters. The van der Waals surface area contributed by atoms with Gasteiger partial charge in [-0.25, -0.2) is 0 Å². The van der Waals surface area contributed by atoms with Crippen LogP contribution in [-0.2, 0) is 16.1 Å². The predicted molar refractivity (Wildman–Crippen MR) is 115 cm³/mol. The maximum atomic E-state index is 12.4. The number of carbonyl (C=O) groups excluding carboxylic acids is 2. The number of anilines is 1. The van der Waals surface area contributed by atoms with E-state index in [1.807, 2.05) is 43.0 Å². The molecule has 7 nitrogen and oxygen atoms in total. The molecule has 1 fully saturated rings. The van der Waals surface area contributed by atoms with E-state index in [1.54, 1.807) is 0 Å². The molecule has 1 aliphatic rings. The molecule has 3 rings (SSSR count). The first-order valence-electron chi connectivity index (χ1n) is 9.78. The lowest BCUT2D eigenvalue weighted by Gasteiger charge is -2.34. The summed E-state index contributed by atoms with van der Waals surface area (Å²) in [5.74, 6) is 0.0932. The van der Waals surface area contributed by atoms with Crippen LogP contribution in [0, 0.1) is 0 Å². The molecule has 0 bridgehead atoms. The summed E-state index contributed by atoms with van der Waals surface area (Å²) in [6.07, 6.45) is 0.360. The fourth-order valence-corrected chi connectivity index (χ4v) is 3.97. The van der Waals surface area contributed by atoms with Crippen molar-refractivity contribution in [3.63, 3.8) is 0 Å². The minimum Gasteiger partial charge on any atom is -0.340 e. The van der Waals surface area contributed by atoms with Gasteiger partial charge in [-0.3, -0.25) is 14.5 Å². The van der Waals surface area contributed by atoms with E-state index in [4.69, 9.17) is 11.6 Å². The SMILES string of the molecule is CC(C)c1nnc(NC(=O)CCC(=O)N2CCN(Cc3ccc(Cl)cc3)CC2)s1. The zero-order valence-corrected chi connectivity index (χ0v) is 18.3. The lowest BCUT2D eigenvalue weighted by Crippen LogP contribution is -2.48. The van der Waals surface area contributed by atoms with Gasteiger partial charge in [-0.15, -0.1) is 10.2 Å². The van der Waals surface area contributed by atoms with Crippen molar-refractivity contribution in [3.05, 3.63) is 39.9 Å². The van der Waals surface area contributed by atoms with E-state index in [2.05, 4.69) is 20.4 Å². The number of benzene rings is 1. The van der Waals surface area contributed by atoms with Crippen molar-refractivity contribution < 1.29 is 9.59 Å². The molecule has 0 radical (unpaired) electrons. The van der Waals surface area contributed by atoms with Gasteiger partial charge < -0.3 is 10.2 Å². The third-order valence-corrected chi connectivity index (χ3v) is 6.18. The molecule has 0 unspecified atom stereocenters. The van der Waals surface area contributed by atoms with Gasteiger partial charge in [-0.1, -0.05) is 48.9 Å². The van der Waals surface area contributed by atoms with Crippen molar-refractivity contribution in [2.24, 2.45) is 0 Å². The number of rotatable bonds is 7. The highest BCUT2D eigenvalue weighted by molar-refractivity contribution is 7.15. The molecule has 0 saturated carbocycles. The summed E-state index contributed by atoms with van der Waals surface area (Å²) in [6, 6.07) is 7.85. The fourth-order valence-electron chi connectivity index (χ4n) is 3.08. The molecule has 2 aromatic rings. The van der Waals surface area contributed by atoms with Crippen LogP contribution in [0.2, 0.25) is 5.02 Å². The molecule has 0 spiro atoms. The Hall–Kier alpha value is -2.03. The van der Waals surface area contributed by atoms with Crippen molar-refractivity contribution in [2.75, 3.05) is 31.5 Å². The third kappa shape index (κ3) is 6.48. The van der Waals surface area contributed by atoms with Crippen molar-refractivity contribution in [1.82, 2.24) is 20.0 Å². The van der Waals surface area contributed by atoms with Gasteiger partial charge in [0.2, 0.25) is 16.9 Å². The van der Waals surface area contributed by atoms with Gasteiger partial charge in [0.1, 0.15) is 5.01 Å². The summed E-state index contributed by atoms with van der Waals surface area (Å²) in [7, 11) is 0. The van der Waals surface area contributed by atoms with Crippen LogP contribution in [-0.4, -0.2) is 58.0 Å². The molecule has 1 N–H and O–H groups in total. The lowest BCUT2D eigenvalue weighted by molar-refractivity contribution is -0.134. The summed E-state index contributed by atoms with van der Waals surface area (Å²) in [5.41, 5.74) is 1.21. The predicted octanol–water partition coefficient (Wildman–Crippen LogP) is 3.38. The number of piperazine rings is 1. The van der Waals surface area contributed by atoms with Crippen LogP contribution >= 0.6 is 22.9 Å². The largest absolute Gasteiger partial charge is 0.340 e. The summed E-state index contributed by atoms with van der Waals surface area (Å²) >= 11 is 7.30. The smallest absolute Gasteiger partial charge is 0.226 e. The van der Waals surface area contributed by atoms with E-state index in [0.29, 0.717) is 18.2 Å². The van der Waals surface area contributed by atoms with Crippen molar-refractivity contribution in [2.45, 2.75) is 39.2 Å². The second-order valence-electron chi connectivity index (χ2n) is 7.43. The van der Waals surface area contributed by atoms with E-state index < -0.39 is 0 Å². The van der Waals surface area contributed by atoms with Crippen LogP contribution in [0.5, 0.6) is 0 Å². The molecule has 29 heavy (non-hydrogen) atoms. The summed E-state index contributed by atoms with van der Waals surface area (Å²) in [5, 5.41) is 12.9. The molecule has 1 saturated heterocycles. The molecule has 1 aromatic carbocycles. The number of nitrogens with one attached hydrogen (secondary N) is 1. The Morgan fingerprint density at radius 3 is 2.41 bits per heavy atom. The van der Waals surface area contributed by atoms with Gasteiger partial charge in [0.05, 0.1) is 0 Å². The number of halogens is 1. The van der Waals surface area contributed by atoms with Gasteiger partial charge in [-0.2, -0.15) is 0 Å². The number of nitrogens with zero attached hydrogens (tertiary/aromatic N) is 4. The average molecular weight is 436 g/mol. The maximum Gasteiger partial charge on any atom is 0.226 e. The Balaban J connectivity index is 1.37. The molecule has 0 aliphatic carbocycles. The van der Waals surface area contributed by atoms with E-state index in [-0.39, 0.29) is 30.6 Å².